The quantitative estimate of drug-likeness (QED) is 0.803. The van der Waals surface area contributed by atoms with Crippen molar-refractivity contribution < 1.29 is 14.0 Å². The minimum atomic E-state index is -0.654. The third-order valence-electron chi connectivity index (χ3n) is 4.09. The van der Waals surface area contributed by atoms with Crippen LogP contribution in [0.1, 0.15) is 25.0 Å². The van der Waals surface area contributed by atoms with Gasteiger partial charge in [0.25, 0.3) is 0 Å². The van der Waals surface area contributed by atoms with Gasteiger partial charge in [0.15, 0.2) is 0 Å². The van der Waals surface area contributed by atoms with Crippen LogP contribution in [0.15, 0.2) is 48.5 Å². The number of hydrogen-bond donors (Lipinski definition) is 1. The van der Waals surface area contributed by atoms with E-state index in [4.69, 9.17) is 11.6 Å². The lowest BCUT2D eigenvalue weighted by Gasteiger charge is -2.29. The first-order valence-electron chi connectivity index (χ1n) is 8.47. The van der Waals surface area contributed by atoms with Crippen LogP contribution in [0.25, 0.3) is 0 Å². The summed E-state index contributed by atoms with van der Waals surface area (Å²) in [7, 11) is 0. The zero-order chi connectivity index (χ0) is 19.1. The Morgan fingerprint density at radius 2 is 1.81 bits per heavy atom. The molecule has 6 heteroatoms. The monoisotopic (exact) mass is 376 g/mol. The first kappa shape index (κ1) is 19.9. The molecular formula is C20H22ClFN2O2. The van der Waals surface area contributed by atoms with Gasteiger partial charge in [-0.1, -0.05) is 41.9 Å². The number of rotatable bonds is 7. The van der Waals surface area contributed by atoms with E-state index in [1.807, 2.05) is 25.1 Å². The van der Waals surface area contributed by atoms with E-state index >= 15 is 0 Å². The Kier molecular flexibility index (Phi) is 7.16. The Bertz CT molecular complexity index is 765. The lowest BCUT2D eigenvalue weighted by atomic mass is 10.1. The molecule has 0 unspecified atom stereocenters. The Morgan fingerprint density at radius 1 is 1.15 bits per heavy atom. The van der Waals surface area contributed by atoms with Crippen molar-refractivity contribution >= 4 is 23.4 Å². The molecule has 2 rings (SSSR count). The minimum absolute atomic E-state index is 0.0779. The predicted molar refractivity (Wildman–Crippen MR) is 100 cm³/mol. The summed E-state index contributed by atoms with van der Waals surface area (Å²) in [6, 6.07) is 12.3. The van der Waals surface area contributed by atoms with Crippen LogP contribution in [-0.2, 0) is 22.6 Å². The molecule has 0 radical (unpaired) electrons. The zero-order valence-corrected chi connectivity index (χ0v) is 15.6. The molecule has 2 aromatic rings. The molecule has 0 saturated carbocycles. The van der Waals surface area contributed by atoms with Crippen molar-refractivity contribution in [1.82, 2.24) is 10.2 Å². The van der Waals surface area contributed by atoms with Gasteiger partial charge in [-0.2, -0.15) is 0 Å². The van der Waals surface area contributed by atoms with Gasteiger partial charge in [0.05, 0.1) is 6.42 Å². The van der Waals surface area contributed by atoms with Crippen LogP contribution in [0, 0.1) is 5.82 Å². The van der Waals surface area contributed by atoms with Crippen LogP contribution >= 0.6 is 11.6 Å². The lowest BCUT2D eigenvalue weighted by Crippen LogP contribution is -2.48. The average molecular weight is 377 g/mol. The second kappa shape index (κ2) is 9.34. The molecule has 0 aliphatic rings. The molecule has 1 N–H and O–H groups in total. The number of nitrogens with one attached hydrogen (secondary N) is 1. The van der Waals surface area contributed by atoms with Crippen LogP contribution in [0.3, 0.4) is 0 Å². The zero-order valence-electron chi connectivity index (χ0n) is 14.8. The molecule has 138 valence electrons. The number of benzene rings is 2. The fourth-order valence-corrected chi connectivity index (χ4v) is 2.79. The van der Waals surface area contributed by atoms with E-state index in [1.54, 1.807) is 25.1 Å². The second-order valence-corrected chi connectivity index (χ2v) is 6.39. The van der Waals surface area contributed by atoms with Crippen molar-refractivity contribution in [1.29, 1.82) is 0 Å². The molecular weight excluding hydrogens is 355 g/mol. The van der Waals surface area contributed by atoms with Gasteiger partial charge in [-0.05, 0) is 43.2 Å². The number of amides is 2. The van der Waals surface area contributed by atoms with Crippen molar-refractivity contribution in [3.63, 3.8) is 0 Å². The van der Waals surface area contributed by atoms with E-state index in [2.05, 4.69) is 5.32 Å². The second-order valence-electron chi connectivity index (χ2n) is 5.99. The molecule has 0 spiro atoms. The summed E-state index contributed by atoms with van der Waals surface area (Å²) < 4.78 is 13.1. The molecule has 0 aliphatic heterocycles. The Labute approximate surface area is 158 Å². The molecule has 1 atom stereocenters. The predicted octanol–water partition coefficient (Wildman–Crippen LogP) is 3.58. The van der Waals surface area contributed by atoms with Crippen LogP contribution in [0.5, 0.6) is 0 Å². The smallest absolute Gasteiger partial charge is 0.242 e. The third kappa shape index (κ3) is 5.30. The fraction of sp³-hybridized carbons (Fsp3) is 0.300. The topological polar surface area (TPSA) is 49.4 Å². The van der Waals surface area contributed by atoms with Crippen molar-refractivity contribution in [2.75, 3.05) is 6.54 Å². The van der Waals surface area contributed by atoms with E-state index in [1.165, 1.54) is 17.0 Å². The molecule has 0 fully saturated rings. The fourth-order valence-electron chi connectivity index (χ4n) is 2.59. The maximum Gasteiger partial charge on any atom is 0.242 e. The van der Waals surface area contributed by atoms with Crippen LogP contribution in [0.2, 0.25) is 5.02 Å². The molecule has 0 aromatic heterocycles. The van der Waals surface area contributed by atoms with Crippen molar-refractivity contribution in [2.24, 2.45) is 0 Å². The summed E-state index contributed by atoms with van der Waals surface area (Å²) in [5.74, 6) is -0.813. The molecule has 26 heavy (non-hydrogen) atoms. The normalized spacial score (nSPS) is 11.7. The first-order chi connectivity index (χ1) is 12.4. The molecule has 2 amide bonds. The summed E-state index contributed by atoms with van der Waals surface area (Å²) >= 11 is 6.22. The van der Waals surface area contributed by atoms with Crippen molar-refractivity contribution in [3.05, 3.63) is 70.5 Å². The number of hydrogen-bond acceptors (Lipinski definition) is 2. The van der Waals surface area contributed by atoms with Crippen LogP contribution in [-0.4, -0.2) is 29.3 Å². The standard InChI is InChI=1S/C20H22ClFN2O2/c1-3-23-20(26)14(2)24(13-16-6-4-5-7-18(16)21)19(25)12-15-8-10-17(22)11-9-15/h4-11,14H,3,12-13H2,1-2H3,(H,23,26)/t14-/m0/s1. The summed E-state index contributed by atoms with van der Waals surface area (Å²) in [6.07, 6.45) is 0.0779. The Hall–Kier alpha value is -2.40. The van der Waals surface area contributed by atoms with E-state index in [9.17, 15) is 14.0 Å². The van der Waals surface area contributed by atoms with Crippen LogP contribution in [0.4, 0.5) is 4.39 Å². The number of likely N-dealkylation sites (N-methyl/N-ethyl adjacent to an activating group) is 1. The summed E-state index contributed by atoms with van der Waals surface area (Å²) in [6.45, 7) is 4.21. The van der Waals surface area contributed by atoms with Crippen LogP contribution < -0.4 is 5.32 Å². The molecule has 0 aliphatic carbocycles. The van der Waals surface area contributed by atoms with Gasteiger partial charge in [0.1, 0.15) is 11.9 Å². The largest absolute Gasteiger partial charge is 0.355 e. The van der Waals surface area contributed by atoms with Gasteiger partial charge in [0.2, 0.25) is 11.8 Å². The lowest BCUT2D eigenvalue weighted by molar-refractivity contribution is -0.140. The molecule has 2 aromatic carbocycles. The first-order valence-corrected chi connectivity index (χ1v) is 8.85. The van der Waals surface area contributed by atoms with Crippen molar-refractivity contribution in [2.45, 2.75) is 32.9 Å². The third-order valence-corrected chi connectivity index (χ3v) is 4.45. The summed E-state index contributed by atoms with van der Waals surface area (Å²) in [4.78, 5) is 26.6. The molecule has 0 saturated heterocycles. The average Bonchev–Trinajstić information content (AvgIpc) is 2.62. The summed E-state index contributed by atoms with van der Waals surface area (Å²) in [5.41, 5.74) is 1.45. The van der Waals surface area contributed by atoms with E-state index in [-0.39, 0.29) is 30.6 Å². The highest BCUT2D eigenvalue weighted by Gasteiger charge is 2.26. The van der Waals surface area contributed by atoms with E-state index < -0.39 is 6.04 Å². The van der Waals surface area contributed by atoms with Crippen molar-refractivity contribution in [3.8, 4) is 0 Å². The van der Waals surface area contributed by atoms with Gasteiger partial charge in [-0.3, -0.25) is 9.59 Å². The number of carbonyl (C=O) groups is 2. The van der Waals surface area contributed by atoms with Gasteiger partial charge in [-0.15, -0.1) is 0 Å². The minimum Gasteiger partial charge on any atom is -0.355 e. The number of halogens is 2. The van der Waals surface area contributed by atoms with E-state index in [0.29, 0.717) is 17.1 Å². The highest BCUT2D eigenvalue weighted by atomic mass is 35.5. The SMILES string of the molecule is CCNC(=O)[C@H](C)N(Cc1ccccc1Cl)C(=O)Cc1ccc(F)cc1. The summed E-state index contributed by atoms with van der Waals surface area (Å²) in [5, 5.41) is 3.27. The molecule has 4 nitrogen and oxygen atoms in total. The van der Waals surface area contributed by atoms with Gasteiger partial charge in [-0.25, -0.2) is 4.39 Å². The van der Waals surface area contributed by atoms with Gasteiger partial charge < -0.3 is 10.2 Å². The Balaban J connectivity index is 2.23. The highest BCUT2D eigenvalue weighted by molar-refractivity contribution is 6.31. The maximum absolute atomic E-state index is 13.1. The molecule has 0 heterocycles. The molecule has 0 bridgehead atoms. The maximum atomic E-state index is 13.1. The van der Waals surface area contributed by atoms with Gasteiger partial charge >= 0.3 is 0 Å². The Morgan fingerprint density at radius 3 is 2.42 bits per heavy atom. The van der Waals surface area contributed by atoms with Gasteiger partial charge in [0, 0.05) is 18.1 Å². The van der Waals surface area contributed by atoms with E-state index in [0.717, 1.165) is 5.56 Å². The highest BCUT2D eigenvalue weighted by Crippen LogP contribution is 2.19. The number of carbonyl (C=O) groups excluding carboxylic acids is 2. The number of nitrogens with zero attached hydrogens (tertiary/aromatic N) is 1.